The lowest BCUT2D eigenvalue weighted by Crippen LogP contribution is -2.03. The highest BCUT2D eigenvalue weighted by Crippen LogP contribution is 2.20. The number of hydrogen-bond donors (Lipinski definition) is 1. The minimum atomic E-state index is -0.185. The van der Waals surface area contributed by atoms with Gasteiger partial charge in [-0.05, 0) is 18.4 Å². The first-order valence-electron chi connectivity index (χ1n) is 2.70. The Morgan fingerprint density at radius 2 is 2.44 bits per heavy atom. The number of thiophene rings is 1. The van der Waals surface area contributed by atoms with Crippen molar-refractivity contribution in [3.05, 3.63) is 22.1 Å². The minimum absolute atomic E-state index is 0.176. The lowest BCUT2D eigenvalue weighted by atomic mass is 10.3. The average molecular weight is 145 g/mol. The second-order valence-corrected chi connectivity index (χ2v) is 2.87. The van der Waals surface area contributed by atoms with Crippen LogP contribution in [-0.4, -0.2) is 0 Å². The second kappa shape index (κ2) is 2.45. The molecule has 0 aliphatic heterocycles. The van der Waals surface area contributed by atoms with Gasteiger partial charge in [-0.15, -0.1) is 11.3 Å². The Morgan fingerprint density at radius 1 is 1.78 bits per heavy atom. The van der Waals surface area contributed by atoms with Crippen LogP contribution in [0.15, 0.2) is 11.4 Å². The average Bonchev–Trinajstić information content (AvgIpc) is 2.13. The third-order valence-corrected chi connectivity index (χ3v) is 2.15. The van der Waals surface area contributed by atoms with E-state index in [0.29, 0.717) is 4.88 Å². The molecule has 1 rings (SSSR count). The van der Waals surface area contributed by atoms with Crippen LogP contribution in [0.25, 0.3) is 0 Å². The van der Waals surface area contributed by atoms with E-state index in [4.69, 9.17) is 5.73 Å². The van der Waals surface area contributed by atoms with Crippen molar-refractivity contribution in [2.24, 2.45) is 5.73 Å². The molecule has 9 heavy (non-hydrogen) atoms. The molecule has 0 radical (unpaired) electrons. The summed E-state index contributed by atoms with van der Waals surface area (Å²) in [7, 11) is 0. The van der Waals surface area contributed by atoms with Gasteiger partial charge >= 0.3 is 0 Å². The van der Waals surface area contributed by atoms with Crippen LogP contribution in [0.2, 0.25) is 0 Å². The van der Waals surface area contributed by atoms with Gasteiger partial charge in [0, 0.05) is 6.04 Å². The highest BCUT2D eigenvalue weighted by atomic mass is 32.1. The Kier molecular flexibility index (Phi) is 1.83. The highest BCUT2D eigenvalue weighted by molar-refractivity contribution is 7.10. The van der Waals surface area contributed by atoms with Crippen LogP contribution in [0.4, 0.5) is 4.39 Å². The van der Waals surface area contributed by atoms with Gasteiger partial charge in [-0.25, -0.2) is 4.39 Å². The summed E-state index contributed by atoms with van der Waals surface area (Å²) in [5.74, 6) is -0.185. The summed E-state index contributed by atoms with van der Waals surface area (Å²) in [6.07, 6.45) is 0. The van der Waals surface area contributed by atoms with Crippen LogP contribution in [0.1, 0.15) is 17.8 Å². The fraction of sp³-hybridized carbons (Fsp3) is 0.333. The standard InChI is InChI=1S/C6H8FNS/c1-4(8)6-5(7)2-3-9-6/h2-4H,8H2,1H3. The van der Waals surface area contributed by atoms with Gasteiger partial charge in [0.25, 0.3) is 0 Å². The first-order valence-corrected chi connectivity index (χ1v) is 3.58. The highest BCUT2D eigenvalue weighted by Gasteiger charge is 2.06. The van der Waals surface area contributed by atoms with Crippen LogP contribution >= 0.6 is 11.3 Å². The van der Waals surface area contributed by atoms with Crippen LogP contribution in [0.3, 0.4) is 0 Å². The normalized spacial score (nSPS) is 13.7. The maximum absolute atomic E-state index is 12.5. The maximum Gasteiger partial charge on any atom is 0.138 e. The summed E-state index contributed by atoms with van der Waals surface area (Å²) in [4.78, 5) is 0.634. The van der Waals surface area contributed by atoms with E-state index in [2.05, 4.69) is 0 Å². The Morgan fingerprint density at radius 3 is 2.67 bits per heavy atom. The lowest BCUT2D eigenvalue weighted by Gasteiger charge is -1.98. The molecule has 0 amide bonds. The topological polar surface area (TPSA) is 26.0 Å². The molecule has 3 heteroatoms. The van der Waals surface area contributed by atoms with Gasteiger partial charge < -0.3 is 5.73 Å². The molecular formula is C6H8FNS. The van der Waals surface area contributed by atoms with E-state index in [9.17, 15) is 4.39 Å². The Labute approximate surface area is 57.3 Å². The molecule has 2 N–H and O–H groups in total. The van der Waals surface area contributed by atoms with E-state index in [1.54, 1.807) is 12.3 Å². The molecule has 0 aliphatic carbocycles. The van der Waals surface area contributed by atoms with Gasteiger partial charge in [0.1, 0.15) is 5.82 Å². The predicted molar refractivity (Wildman–Crippen MR) is 36.9 cm³/mol. The fourth-order valence-corrected chi connectivity index (χ4v) is 1.36. The second-order valence-electron chi connectivity index (χ2n) is 1.92. The van der Waals surface area contributed by atoms with Crippen molar-refractivity contribution in [1.82, 2.24) is 0 Å². The molecule has 0 saturated carbocycles. The molecule has 0 aliphatic rings. The van der Waals surface area contributed by atoms with Gasteiger partial charge in [0.2, 0.25) is 0 Å². The summed E-state index contributed by atoms with van der Waals surface area (Å²) in [5.41, 5.74) is 5.43. The molecule has 50 valence electrons. The zero-order chi connectivity index (χ0) is 6.85. The van der Waals surface area contributed by atoms with E-state index < -0.39 is 0 Å². The van der Waals surface area contributed by atoms with Gasteiger partial charge in [-0.3, -0.25) is 0 Å². The maximum atomic E-state index is 12.5. The van der Waals surface area contributed by atoms with Crippen LogP contribution in [0, 0.1) is 5.82 Å². The Balaban J connectivity index is 2.94. The molecule has 1 aromatic heterocycles. The Hall–Kier alpha value is -0.410. The summed E-state index contributed by atoms with van der Waals surface area (Å²) >= 11 is 1.36. The quantitative estimate of drug-likeness (QED) is 0.641. The van der Waals surface area contributed by atoms with E-state index >= 15 is 0 Å². The van der Waals surface area contributed by atoms with Crippen molar-refractivity contribution in [1.29, 1.82) is 0 Å². The molecule has 0 aromatic carbocycles. The van der Waals surface area contributed by atoms with Crippen molar-refractivity contribution >= 4 is 11.3 Å². The van der Waals surface area contributed by atoms with Crippen molar-refractivity contribution in [2.75, 3.05) is 0 Å². The summed E-state index contributed by atoms with van der Waals surface area (Å²) in [6, 6.07) is 1.26. The van der Waals surface area contributed by atoms with Crippen molar-refractivity contribution < 1.29 is 4.39 Å². The van der Waals surface area contributed by atoms with Crippen LogP contribution in [0.5, 0.6) is 0 Å². The van der Waals surface area contributed by atoms with Crippen molar-refractivity contribution in [3.63, 3.8) is 0 Å². The zero-order valence-electron chi connectivity index (χ0n) is 5.10. The number of rotatable bonds is 1. The monoisotopic (exact) mass is 145 g/mol. The molecule has 1 nitrogen and oxygen atoms in total. The van der Waals surface area contributed by atoms with Gasteiger partial charge in [0.05, 0.1) is 4.88 Å². The molecule has 0 fully saturated rings. The smallest absolute Gasteiger partial charge is 0.138 e. The lowest BCUT2D eigenvalue weighted by molar-refractivity contribution is 0.605. The van der Waals surface area contributed by atoms with E-state index in [-0.39, 0.29) is 11.9 Å². The molecule has 1 atom stereocenters. The number of halogens is 1. The third-order valence-electron chi connectivity index (χ3n) is 1.06. The first kappa shape index (κ1) is 6.71. The number of nitrogens with two attached hydrogens (primary N) is 1. The zero-order valence-corrected chi connectivity index (χ0v) is 5.91. The summed E-state index contributed by atoms with van der Waals surface area (Å²) in [5, 5.41) is 1.70. The van der Waals surface area contributed by atoms with Crippen LogP contribution < -0.4 is 5.73 Å². The van der Waals surface area contributed by atoms with Gasteiger partial charge in [-0.2, -0.15) is 0 Å². The molecule has 1 aromatic rings. The van der Waals surface area contributed by atoms with Crippen molar-refractivity contribution in [2.45, 2.75) is 13.0 Å². The minimum Gasteiger partial charge on any atom is -0.323 e. The largest absolute Gasteiger partial charge is 0.323 e. The summed E-state index contributed by atoms with van der Waals surface area (Å²) < 4.78 is 12.5. The van der Waals surface area contributed by atoms with Gasteiger partial charge in [-0.1, -0.05) is 0 Å². The molecule has 0 saturated heterocycles. The predicted octanol–water partition coefficient (Wildman–Crippen LogP) is 1.91. The van der Waals surface area contributed by atoms with E-state index in [1.807, 2.05) is 0 Å². The van der Waals surface area contributed by atoms with E-state index in [1.165, 1.54) is 17.4 Å². The van der Waals surface area contributed by atoms with Gasteiger partial charge in [0.15, 0.2) is 0 Å². The SMILES string of the molecule is CC(N)c1sccc1F. The molecule has 0 spiro atoms. The summed E-state index contributed by atoms with van der Waals surface area (Å²) in [6.45, 7) is 1.77. The van der Waals surface area contributed by atoms with E-state index in [0.717, 1.165) is 0 Å². The molecule has 1 unspecified atom stereocenters. The molecular weight excluding hydrogens is 137 g/mol. The van der Waals surface area contributed by atoms with Crippen molar-refractivity contribution in [3.8, 4) is 0 Å². The number of hydrogen-bond acceptors (Lipinski definition) is 2. The Bertz CT molecular complexity index is 195. The van der Waals surface area contributed by atoms with Crippen LogP contribution in [-0.2, 0) is 0 Å². The first-order chi connectivity index (χ1) is 4.22. The molecule has 0 bridgehead atoms. The fourth-order valence-electron chi connectivity index (χ4n) is 0.630. The molecule has 1 heterocycles. The third kappa shape index (κ3) is 1.28.